The lowest BCUT2D eigenvalue weighted by molar-refractivity contribution is -0.133. The van der Waals surface area contributed by atoms with Crippen molar-refractivity contribution in [1.82, 2.24) is 25.1 Å². The van der Waals surface area contributed by atoms with Gasteiger partial charge in [0.15, 0.2) is 0 Å². The van der Waals surface area contributed by atoms with E-state index in [0.717, 1.165) is 16.9 Å². The van der Waals surface area contributed by atoms with Crippen LogP contribution in [-0.2, 0) is 24.4 Å². The molecule has 2 heterocycles. The molecule has 0 unspecified atom stereocenters. The molecule has 4 aromatic rings. The molecule has 0 N–H and O–H groups in total. The first-order chi connectivity index (χ1) is 13.8. The zero-order valence-corrected chi connectivity index (χ0v) is 15.2. The van der Waals surface area contributed by atoms with E-state index in [4.69, 9.17) is 4.42 Å². The van der Waals surface area contributed by atoms with Crippen molar-refractivity contribution in [3.05, 3.63) is 90.4 Å². The Morgan fingerprint density at radius 1 is 0.929 bits per heavy atom. The van der Waals surface area contributed by atoms with Crippen molar-refractivity contribution in [1.29, 1.82) is 0 Å². The third kappa shape index (κ3) is 4.32. The third-order valence-corrected chi connectivity index (χ3v) is 4.26. The maximum Gasteiger partial charge on any atom is 0.246 e. The number of hydrogen-bond donors (Lipinski definition) is 0. The van der Waals surface area contributed by atoms with Crippen molar-refractivity contribution < 1.29 is 9.21 Å². The number of benzene rings is 2. The predicted octanol–water partition coefficient (Wildman–Crippen LogP) is 3.16. The smallest absolute Gasteiger partial charge is 0.246 e. The molecule has 0 bridgehead atoms. The number of carbonyl (C=O) groups excluding carboxylic acids is 1. The van der Waals surface area contributed by atoms with Gasteiger partial charge in [0.1, 0.15) is 12.3 Å². The lowest BCUT2D eigenvalue weighted by atomic mass is 10.2. The Kier molecular flexibility index (Phi) is 5.24. The van der Waals surface area contributed by atoms with E-state index in [9.17, 15) is 4.79 Å². The molecule has 0 spiro atoms. The van der Waals surface area contributed by atoms with Crippen LogP contribution in [0, 0.1) is 0 Å². The second kappa shape index (κ2) is 8.30. The van der Waals surface area contributed by atoms with Crippen LogP contribution in [0.25, 0.3) is 11.4 Å². The van der Waals surface area contributed by atoms with E-state index in [-0.39, 0.29) is 12.5 Å². The summed E-state index contributed by atoms with van der Waals surface area (Å²) in [6.45, 7) is 0.856. The van der Waals surface area contributed by atoms with Crippen molar-refractivity contribution in [2.75, 3.05) is 0 Å². The molecule has 28 heavy (non-hydrogen) atoms. The molecule has 4 rings (SSSR count). The number of amides is 1. The summed E-state index contributed by atoms with van der Waals surface area (Å²) in [6, 6.07) is 23.1. The highest BCUT2D eigenvalue weighted by Crippen LogP contribution is 2.13. The van der Waals surface area contributed by atoms with Gasteiger partial charge in [0.05, 0.1) is 12.8 Å². The minimum absolute atomic E-state index is 0.00732. The zero-order chi connectivity index (χ0) is 19.2. The predicted molar refractivity (Wildman–Crippen MR) is 103 cm³/mol. The molecule has 0 radical (unpaired) electrons. The summed E-state index contributed by atoms with van der Waals surface area (Å²) in [7, 11) is 0. The standard InChI is InChI=1S/C21H19N5O2/c27-20(16-26-23-21(22-24-26)18-10-5-2-6-11-18)25(15-19-12-7-13-28-19)14-17-8-3-1-4-9-17/h1-13H,14-16H2. The molecular weight excluding hydrogens is 354 g/mol. The van der Waals surface area contributed by atoms with Crippen molar-refractivity contribution in [2.45, 2.75) is 19.6 Å². The van der Waals surface area contributed by atoms with Gasteiger partial charge < -0.3 is 9.32 Å². The van der Waals surface area contributed by atoms with Gasteiger partial charge in [-0.05, 0) is 22.9 Å². The van der Waals surface area contributed by atoms with Crippen molar-refractivity contribution >= 4 is 5.91 Å². The van der Waals surface area contributed by atoms with E-state index >= 15 is 0 Å². The molecule has 0 fully saturated rings. The molecule has 2 aromatic heterocycles. The topological polar surface area (TPSA) is 77.1 Å². The maximum atomic E-state index is 12.9. The summed E-state index contributed by atoms with van der Waals surface area (Å²) in [4.78, 5) is 16.0. The van der Waals surface area contributed by atoms with Crippen molar-refractivity contribution in [3.63, 3.8) is 0 Å². The number of furan rings is 1. The number of rotatable bonds is 7. The minimum atomic E-state index is -0.114. The van der Waals surface area contributed by atoms with Crippen LogP contribution >= 0.6 is 0 Å². The fraction of sp³-hybridized carbons (Fsp3) is 0.143. The summed E-state index contributed by atoms with van der Waals surface area (Å²) in [5.74, 6) is 1.10. The Hall–Kier alpha value is -3.74. The molecular formula is C21H19N5O2. The SMILES string of the molecule is O=C(Cn1nnc(-c2ccccc2)n1)N(Cc1ccccc1)Cc1ccco1. The monoisotopic (exact) mass is 373 g/mol. The number of nitrogens with zero attached hydrogens (tertiary/aromatic N) is 5. The van der Waals surface area contributed by atoms with Crippen LogP contribution in [0.5, 0.6) is 0 Å². The van der Waals surface area contributed by atoms with E-state index in [1.54, 1.807) is 11.2 Å². The molecule has 0 saturated carbocycles. The summed E-state index contributed by atoms with van der Waals surface area (Å²) >= 11 is 0. The highest BCUT2D eigenvalue weighted by molar-refractivity contribution is 5.75. The molecule has 7 heteroatoms. The van der Waals surface area contributed by atoms with E-state index in [0.29, 0.717) is 18.9 Å². The van der Waals surface area contributed by atoms with Crippen LogP contribution in [0.1, 0.15) is 11.3 Å². The van der Waals surface area contributed by atoms with Crippen LogP contribution in [0.2, 0.25) is 0 Å². The molecule has 0 aliphatic rings. The fourth-order valence-corrected chi connectivity index (χ4v) is 2.86. The fourth-order valence-electron chi connectivity index (χ4n) is 2.86. The first kappa shape index (κ1) is 17.7. The quantitative estimate of drug-likeness (QED) is 0.497. The number of aromatic nitrogens is 4. The van der Waals surface area contributed by atoms with E-state index < -0.39 is 0 Å². The molecule has 0 aliphatic heterocycles. The largest absolute Gasteiger partial charge is 0.467 e. The number of hydrogen-bond acceptors (Lipinski definition) is 5. The molecule has 0 saturated heterocycles. The molecule has 0 aliphatic carbocycles. The normalized spacial score (nSPS) is 10.7. The maximum absolute atomic E-state index is 12.9. The molecule has 140 valence electrons. The van der Waals surface area contributed by atoms with E-state index in [2.05, 4.69) is 15.4 Å². The third-order valence-electron chi connectivity index (χ3n) is 4.26. The van der Waals surface area contributed by atoms with Crippen molar-refractivity contribution in [3.8, 4) is 11.4 Å². The summed E-state index contributed by atoms with van der Waals surface area (Å²) < 4.78 is 5.42. The van der Waals surface area contributed by atoms with Gasteiger partial charge in [0.25, 0.3) is 0 Å². The van der Waals surface area contributed by atoms with Crippen LogP contribution in [0.4, 0.5) is 0 Å². The van der Waals surface area contributed by atoms with E-state index in [1.165, 1.54) is 4.80 Å². The Balaban J connectivity index is 1.49. The van der Waals surface area contributed by atoms with Gasteiger partial charge in [-0.1, -0.05) is 60.7 Å². The van der Waals surface area contributed by atoms with Gasteiger partial charge in [-0.2, -0.15) is 4.80 Å². The van der Waals surface area contributed by atoms with Crippen LogP contribution < -0.4 is 0 Å². The van der Waals surface area contributed by atoms with Gasteiger partial charge in [0.2, 0.25) is 11.7 Å². The lowest BCUT2D eigenvalue weighted by Gasteiger charge is -2.21. The Bertz CT molecular complexity index is 1010. The minimum Gasteiger partial charge on any atom is -0.467 e. The second-order valence-corrected chi connectivity index (χ2v) is 6.32. The lowest BCUT2D eigenvalue weighted by Crippen LogP contribution is -2.33. The van der Waals surface area contributed by atoms with Crippen LogP contribution in [0.15, 0.2) is 83.5 Å². The molecule has 1 amide bonds. The first-order valence-corrected chi connectivity index (χ1v) is 8.95. The highest BCUT2D eigenvalue weighted by Gasteiger charge is 2.18. The number of tetrazole rings is 1. The average Bonchev–Trinajstić information content (AvgIpc) is 3.41. The summed E-state index contributed by atoms with van der Waals surface area (Å²) in [6.07, 6.45) is 1.60. The Morgan fingerprint density at radius 3 is 2.39 bits per heavy atom. The number of carbonyl (C=O) groups is 1. The van der Waals surface area contributed by atoms with Crippen LogP contribution in [0.3, 0.4) is 0 Å². The second-order valence-electron chi connectivity index (χ2n) is 6.32. The van der Waals surface area contributed by atoms with Gasteiger partial charge in [0, 0.05) is 12.1 Å². The Labute approximate surface area is 162 Å². The Morgan fingerprint density at radius 2 is 1.68 bits per heavy atom. The van der Waals surface area contributed by atoms with Gasteiger partial charge in [-0.3, -0.25) is 4.79 Å². The van der Waals surface area contributed by atoms with Gasteiger partial charge in [-0.15, -0.1) is 10.2 Å². The van der Waals surface area contributed by atoms with Crippen LogP contribution in [-0.4, -0.2) is 31.0 Å². The van der Waals surface area contributed by atoms with Gasteiger partial charge >= 0.3 is 0 Å². The van der Waals surface area contributed by atoms with E-state index in [1.807, 2.05) is 72.8 Å². The molecule has 0 atom stereocenters. The zero-order valence-electron chi connectivity index (χ0n) is 15.2. The molecule has 2 aromatic carbocycles. The average molecular weight is 373 g/mol. The van der Waals surface area contributed by atoms with Crippen molar-refractivity contribution in [2.24, 2.45) is 0 Å². The highest BCUT2D eigenvalue weighted by atomic mass is 16.3. The summed E-state index contributed by atoms with van der Waals surface area (Å²) in [5.41, 5.74) is 1.90. The first-order valence-electron chi connectivity index (χ1n) is 8.95. The molecule has 7 nitrogen and oxygen atoms in total. The summed E-state index contributed by atoms with van der Waals surface area (Å²) in [5, 5.41) is 12.4. The van der Waals surface area contributed by atoms with Gasteiger partial charge in [-0.25, -0.2) is 0 Å².